The van der Waals surface area contributed by atoms with Gasteiger partial charge < -0.3 is 13.9 Å². The first-order valence-corrected chi connectivity index (χ1v) is 13.4. The van der Waals surface area contributed by atoms with Crippen LogP contribution in [0, 0.1) is 11.3 Å². The van der Waals surface area contributed by atoms with Crippen LogP contribution in [0.2, 0.25) is 0 Å². The van der Waals surface area contributed by atoms with Crippen LogP contribution in [0.25, 0.3) is 22.2 Å². The van der Waals surface area contributed by atoms with Gasteiger partial charge in [-0.3, -0.25) is 4.72 Å². The van der Waals surface area contributed by atoms with Gasteiger partial charge in [0.1, 0.15) is 18.4 Å². The smallest absolute Gasteiger partial charge is 0.232 e. The maximum Gasteiger partial charge on any atom is 0.232 e. The lowest BCUT2D eigenvalue weighted by Crippen LogP contribution is -2.15. The highest BCUT2D eigenvalue weighted by Gasteiger charge is 2.30. The molecule has 1 saturated carbocycles. The molecule has 0 radical (unpaired) electrons. The summed E-state index contributed by atoms with van der Waals surface area (Å²) in [6.07, 6.45) is 8.07. The van der Waals surface area contributed by atoms with Crippen LogP contribution in [0.5, 0.6) is 5.75 Å². The van der Waals surface area contributed by atoms with Crippen LogP contribution < -0.4 is 9.46 Å². The topological polar surface area (TPSA) is 102 Å². The summed E-state index contributed by atoms with van der Waals surface area (Å²) in [7, 11) is -3.36. The Labute approximate surface area is 204 Å². The summed E-state index contributed by atoms with van der Waals surface area (Å²) in [6.45, 7) is 3.04. The van der Waals surface area contributed by atoms with Crippen LogP contribution in [0.15, 0.2) is 61.2 Å². The first-order valence-electron chi connectivity index (χ1n) is 11.8. The summed E-state index contributed by atoms with van der Waals surface area (Å²) < 4.78 is 37.1. The zero-order valence-corrected chi connectivity index (χ0v) is 20.3. The Hall–Kier alpha value is -3.77. The molecule has 1 N–H and O–H groups in total. The van der Waals surface area contributed by atoms with E-state index in [1.54, 1.807) is 24.7 Å². The lowest BCUT2D eigenvalue weighted by Gasteiger charge is -2.12. The molecule has 180 valence electrons. The van der Waals surface area contributed by atoms with Gasteiger partial charge in [-0.2, -0.15) is 5.26 Å². The molecule has 0 amide bonds. The van der Waals surface area contributed by atoms with Gasteiger partial charge in [0.15, 0.2) is 0 Å². The van der Waals surface area contributed by atoms with Crippen molar-refractivity contribution < 1.29 is 13.2 Å². The SMILES string of the molecule is CCCS(=O)(=O)Nc1ccc(-c2c(C#N)c3ccc(OCCn4ccnc4)cc3n2C2CC2)cc1. The van der Waals surface area contributed by atoms with Gasteiger partial charge in [-0.05, 0) is 49.1 Å². The van der Waals surface area contributed by atoms with E-state index in [1.165, 1.54) is 0 Å². The fourth-order valence-electron chi connectivity index (χ4n) is 4.37. The van der Waals surface area contributed by atoms with E-state index in [0.717, 1.165) is 40.8 Å². The molecule has 8 nitrogen and oxygen atoms in total. The van der Waals surface area contributed by atoms with Gasteiger partial charge in [0.25, 0.3) is 0 Å². The lowest BCUT2D eigenvalue weighted by atomic mass is 10.1. The van der Waals surface area contributed by atoms with Crippen molar-refractivity contribution in [1.29, 1.82) is 5.26 Å². The van der Waals surface area contributed by atoms with Crippen molar-refractivity contribution in [3.05, 3.63) is 66.7 Å². The second-order valence-corrected chi connectivity index (χ2v) is 10.6. The van der Waals surface area contributed by atoms with Gasteiger partial charge in [-0.1, -0.05) is 19.1 Å². The molecule has 35 heavy (non-hydrogen) atoms. The zero-order valence-electron chi connectivity index (χ0n) is 19.5. The fourth-order valence-corrected chi connectivity index (χ4v) is 5.51. The Balaban J connectivity index is 1.48. The number of hydrogen-bond donors (Lipinski definition) is 1. The minimum Gasteiger partial charge on any atom is -0.492 e. The minimum atomic E-state index is -3.36. The summed E-state index contributed by atoms with van der Waals surface area (Å²) in [4.78, 5) is 4.05. The van der Waals surface area contributed by atoms with Gasteiger partial charge in [-0.25, -0.2) is 13.4 Å². The number of fused-ring (bicyclic) bond motifs is 1. The van der Waals surface area contributed by atoms with Crippen molar-refractivity contribution in [1.82, 2.24) is 14.1 Å². The lowest BCUT2D eigenvalue weighted by molar-refractivity contribution is 0.298. The van der Waals surface area contributed by atoms with E-state index in [2.05, 4.69) is 20.3 Å². The second kappa shape index (κ2) is 9.47. The van der Waals surface area contributed by atoms with Crippen LogP contribution in [0.3, 0.4) is 0 Å². The number of rotatable bonds is 10. The Morgan fingerprint density at radius 2 is 2.00 bits per heavy atom. The molecule has 0 bridgehead atoms. The van der Waals surface area contributed by atoms with E-state index in [-0.39, 0.29) is 5.75 Å². The molecule has 0 saturated heterocycles. The number of imidazole rings is 1. The highest BCUT2D eigenvalue weighted by molar-refractivity contribution is 7.92. The maximum atomic E-state index is 12.1. The Bertz CT molecular complexity index is 1480. The van der Waals surface area contributed by atoms with Gasteiger partial charge >= 0.3 is 0 Å². The molecule has 0 unspecified atom stereocenters. The summed E-state index contributed by atoms with van der Waals surface area (Å²) >= 11 is 0. The Morgan fingerprint density at radius 3 is 2.66 bits per heavy atom. The molecular formula is C26H27N5O3S. The Kier molecular flexibility index (Phi) is 6.22. The number of nitriles is 1. The van der Waals surface area contributed by atoms with Crippen LogP contribution in [-0.4, -0.2) is 34.9 Å². The van der Waals surface area contributed by atoms with Gasteiger partial charge in [0, 0.05) is 35.6 Å². The molecule has 4 aromatic rings. The van der Waals surface area contributed by atoms with E-state index in [1.807, 2.05) is 48.0 Å². The number of ether oxygens (including phenoxy) is 1. The van der Waals surface area contributed by atoms with Crippen LogP contribution >= 0.6 is 0 Å². The summed E-state index contributed by atoms with van der Waals surface area (Å²) in [5.74, 6) is 0.837. The predicted octanol–water partition coefficient (Wildman–Crippen LogP) is 4.94. The van der Waals surface area contributed by atoms with Crippen molar-refractivity contribution in [3.8, 4) is 23.1 Å². The summed E-state index contributed by atoms with van der Waals surface area (Å²) in [5.41, 5.74) is 3.86. The normalized spacial score (nSPS) is 13.6. The van der Waals surface area contributed by atoms with E-state index < -0.39 is 10.0 Å². The van der Waals surface area contributed by atoms with Gasteiger partial charge in [-0.15, -0.1) is 0 Å². The predicted molar refractivity (Wildman–Crippen MR) is 136 cm³/mol. The standard InChI is InChI=1S/C26H27N5O3S/c1-2-15-35(32,33)29-20-5-3-19(4-6-20)26-24(17-27)23-10-9-22(16-25(23)31(26)21-7-8-21)34-14-13-30-12-11-28-18-30/h3-6,9-12,16,18,21,29H,2,7-8,13-15H2,1H3. The molecular weight excluding hydrogens is 462 g/mol. The quantitative estimate of drug-likeness (QED) is 0.340. The largest absolute Gasteiger partial charge is 0.492 e. The third kappa shape index (κ3) is 4.88. The van der Waals surface area contributed by atoms with E-state index in [0.29, 0.717) is 36.9 Å². The number of aromatic nitrogens is 3. The van der Waals surface area contributed by atoms with Crippen LogP contribution in [0.4, 0.5) is 5.69 Å². The van der Waals surface area contributed by atoms with Crippen LogP contribution in [0.1, 0.15) is 37.8 Å². The molecule has 0 atom stereocenters. The zero-order chi connectivity index (χ0) is 24.4. The number of nitrogens with one attached hydrogen (secondary N) is 1. The first-order chi connectivity index (χ1) is 17.0. The number of hydrogen-bond acceptors (Lipinski definition) is 5. The molecule has 1 aliphatic rings. The molecule has 0 spiro atoms. The molecule has 1 aliphatic carbocycles. The molecule has 2 aromatic heterocycles. The second-order valence-electron chi connectivity index (χ2n) is 8.76. The van der Waals surface area contributed by atoms with Crippen molar-refractivity contribution in [2.75, 3.05) is 17.1 Å². The summed E-state index contributed by atoms with van der Waals surface area (Å²) in [5, 5.41) is 11.0. The van der Waals surface area contributed by atoms with Crippen molar-refractivity contribution >= 4 is 26.6 Å². The monoisotopic (exact) mass is 489 g/mol. The average Bonchev–Trinajstić information content (AvgIpc) is 3.43. The number of sulfonamides is 1. The van der Waals surface area contributed by atoms with Gasteiger partial charge in [0.2, 0.25) is 10.0 Å². The molecule has 2 heterocycles. The highest BCUT2D eigenvalue weighted by atomic mass is 32.2. The van der Waals surface area contributed by atoms with E-state index in [4.69, 9.17) is 4.74 Å². The third-order valence-corrected chi connectivity index (χ3v) is 7.57. The van der Waals surface area contributed by atoms with Gasteiger partial charge in [0.05, 0.1) is 35.4 Å². The minimum absolute atomic E-state index is 0.0793. The fraction of sp³-hybridized carbons (Fsp3) is 0.308. The highest BCUT2D eigenvalue weighted by Crippen LogP contribution is 2.45. The molecule has 2 aromatic carbocycles. The third-order valence-electron chi connectivity index (χ3n) is 6.08. The van der Waals surface area contributed by atoms with Crippen molar-refractivity contribution in [3.63, 3.8) is 0 Å². The van der Waals surface area contributed by atoms with Crippen molar-refractivity contribution in [2.24, 2.45) is 0 Å². The number of benzene rings is 2. The van der Waals surface area contributed by atoms with E-state index >= 15 is 0 Å². The van der Waals surface area contributed by atoms with E-state index in [9.17, 15) is 13.7 Å². The number of anilines is 1. The van der Waals surface area contributed by atoms with Crippen molar-refractivity contribution in [2.45, 2.75) is 38.8 Å². The number of nitrogens with zero attached hydrogens (tertiary/aromatic N) is 4. The molecule has 9 heteroatoms. The average molecular weight is 490 g/mol. The maximum absolute atomic E-state index is 12.1. The van der Waals surface area contributed by atoms with Crippen LogP contribution in [-0.2, 0) is 16.6 Å². The molecule has 0 aliphatic heterocycles. The Morgan fingerprint density at radius 1 is 1.20 bits per heavy atom. The summed E-state index contributed by atoms with van der Waals surface area (Å²) in [6, 6.07) is 15.9. The molecule has 1 fully saturated rings. The molecule has 5 rings (SSSR count). The first kappa shape index (κ1) is 23.0.